The van der Waals surface area contributed by atoms with Crippen molar-refractivity contribution in [2.45, 2.75) is 51.0 Å². The maximum Gasteiger partial charge on any atom is 0.263 e. The zero-order chi connectivity index (χ0) is 18.6. The van der Waals surface area contributed by atoms with E-state index in [-0.39, 0.29) is 18.3 Å². The molecule has 1 fully saturated rings. The Balaban J connectivity index is 2.21. The van der Waals surface area contributed by atoms with Crippen molar-refractivity contribution in [2.75, 3.05) is 11.9 Å². The highest BCUT2D eigenvalue weighted by Crippen LogP contribution is 2.47. The van der Waals surface area contributed by atoms with Crippen LogP contribution < -0.4 is 5.32 Å². The predicted octanol–water partition coefficient (Wildman–Crippen LogP) is 3.01. The Bertz CT molecular complexity index is 745. The van der Waals surface area contributed by atoms with E-state index < -0.39 is 25.8 Å². The van der Waals surface area contributed by atoms with Gasteiger partial charge in [0.1, 0.15) is 6.61 Å². The maximum atomic E-state index is 13.1. The van der Waals surface area contributed by atoms with E-state index >= 15 is 0 Å². The Morgan fingerprint density at radius 2 is 1.96 bits per heavy atom. The summed E-state index contributed by atoms with van der Waals surface area (Å²) >= 11 is 2.16. The van der Waals surface area contributed by atoms with Gasteiger partial charge in [0.15, 0.2) is 31.6 Å². The van der Waals surface area contributed by atoms with Crippen LogP contribution in [-0.4, -0.2) is 38.5 Å². The van der Waals surface area contributed by atoms with Crippen LogP contribution in [0.2, 0.25) is 19.6 Å². The molecule has 0 radical (unpaired) electrons. The fourth-order valence-corrected chi connectivity index (χ4v) is 5.11. The van der Waals surface area contributed by atoms with E-state index in [9.17, 15) is 9.59 Å². The Labute approximate surface area is 161 Å². The monoisotopic (exact) mass is 475 g/mol. The summed E-state index contributed by atoms with van der Waals surface area (Å²) in [5.41, 5.74) is -0.144. The van der Waals surface area contributed by atoms with Gasteiger partial charge in [0.25, 0.3) is 5.91 Å². The lowest BCUT2D eigenvalue weighted by Crippen LogP contribution is -2.61. The van der Waals surface area contributed by atoms with Gasteiger partial charge < -0.3 is 19.2 Å². The van der Waals surface area contributed by atoms with Gasteiger partial charge in [-0.15, -0.1) is 0 Å². The second kappa shape index (κ2) is 6.12. The number of benzene rings is 1. The molecule has 1 amide bonds. The average molecular weight is 475 g/mol. The number of nitrogens with one attached hydrogen (secondary N) is 1. The number of Topliss-reactive ketones (excluding diaryl/α,β-unsaturated/α-hetero) is 1. The topological polar surface area (TPSA) is 73.9 Å². The normalized spacial score (nSPS) is 28.6. The molecule has 0 unspecified atom stereocenters. The summed E-state index contributed by atoms with van der Waals surface area (Å²) in [5.74, 6) is -1.62. The number of rotatable bonds is 3. The number of para-hydroxylation sites is 1. The first-order valence-electron chi connectivity index (χ1n) is 8.11. The standard InChI is InChI=1S/C17H22INO5Si/c1-16(2)22-9-12(20)14(23-16)17(24-25(3,4)5)10-7-6-8-11(18)13(10)19-15(17)21/h6-8,14H,9H2,1-5H3,(H,19,21)/t14-,17+/m1/s1. The van der Waals surface area contributed by atoms with Crippen LogP contribution in [0.4, 0.5) is 5.69 Å². The molecule has 0 aromatic heterocycles. The molecular formula is C17H22INO5Si. The number of ether oxygens (including phenoxy) is 2. The van der Waals surface area contributed by atoms with Crippen LogP contribution in [0.1, 0.15) is 19.4 Å². The van der Waals surface area contributed by atoms with Gasteiger partial charge in [-0.2, -0.15) is 0 Å². The molecule has 0 saturated carbocycles. The Morgan fingerprint density at radius 3 is 2.60 bits per heavy atom. The highest BCUT2D eigenvalue weighted by Gasteiger charge is 2.61. The van der Waals surface area contributed by atoms with Gasteiger partial charge in [-0.1, -0.05) is 12.1 Å². The van der Waals surface area contributed by atoms with Crippen LogP contribution in [0.5, 0.6) is 0 Å². The number of halogens is 1. The molecule has 1 aromatic rings. The Kier molecular flexibility index (Phi) is 4.64. The van der Waals surface area contributed by atoms with Crippen molar-refractivity contribution in [1.82, 2.24) is 0 Å². The van der Waals surface area contributed by atoms with Crippen LogP contribution in [0.15, 0.2) is 18.2 Å². The van der Waals surface area contributed by atoms with Crippen LogP contribution in [0.3, 0.4) is 0 Å². The summed E-state index contributed by atoms with van der Waals surface area (Å²) in [6.45, 7) is 9.32. The number of ketones is 1. The summed E-state index contributed by atoms with van der Waals surface area (Å²) in [4.78, 5) is 25.9. The fraction of sp³-hybridized carbons (Fsp3) is 0.529. The van der Waals surface area contributed by atoms with Crippen molar-refractivity contribution >= 4 is 48.3 Å². The smallest absolute Gasteiger partial charge is 0.263 e. The molecule has 2 aliphatic rings. The van der Waals surface area contributed by atoms with Crippen molar-refractivity contribution < 1.29 is 23.5 Å². The van der Waals surface area contributed by atoms with Crippen molar-refractivity contribution in [2.24, 2.45) is 0 Å². The summed E-state index contributed by atoms with van der Waals surface area (Å²) in [5, 5.41) is 2.90. The minimum absolute atomic E-state index is 0.110. The molecule has 0 aliphatic carbocycles. The maximum absolute atomic E-state index is 13.1. The number of fused-ring (bicyclic) bond motifs is 1. The Morgan fingerprint density at radius 1 is 1.28 bits per heavy atom. The lowest BCUT2D eigenvalue weighted by atomic mass is 9.86. The lowest BCUT2D eigenvalue weighted by molar-refractivity contribution is -0.280. The number of hydrogen-bond donors (Lipinski definition) is 1. The zero-order valence-corrected chi connectivity index (χ0v) is 18.1. The molecule has 1 N–H and O–H groups in total. The van der Waals surface area contributed by atoms with E-state index in [1.165, 1.54) is 0 Å². The Hall–Kier alpha value is -0.813. The quantitative estimate of drug-likeness (QED) is 0.538. The number of hydrogen-bond acceptors (Lipinski definition) is 5. The molecule has 3 rings (SSSR count). The van der Waals surface area contributed by atoms with Crippen molar-refractivity contribution in [1.29, 1.82) is 0 Å². The third-order valence-corrected chi connectivity index (χ3v) is 5.92. The van der Waals surface area contributed by atoms with E-state index in [4.69, 9.17) is 13.9 Å². The van der Waals surface area contributed by atoms with Crippen LogP contribution in [-0.2, 0) is 29.1 Å². The van der Waals surface area contributed by atoms with Crippen molar-refractivity contribution in [3.63, 3.8) is 0 Å². The molecule has 1 saturated heterocycles. The van der Waals surface area contributed by atoms with Gasteiger partial charge in [-0.25, -0.2) is 0 Å². The first kappa shape index (κ1) is 19.0. The molecule has 8 heteroatoms. The third-order valence-electron chi connectivity index (χ3n) is 4.08. The predicted molar refractivity (Wildman–Crippen MR) is 104 cm³/mol. The molecule has 136 valence electrons. The zero-order valence-electron chi connectivity index (χ0n) is 14.9. The van der Waals surface area contributed by atoms with Crippen LogP contribution in [0.25, 0.3) is 0 Å². The van der Waals surface area contributed by atoms with E-state index in [2.05, 4.69) is 27.9 Å². The van der Waals surface area contributed by atoms with Crippen LogP contribution >= 0.6 is 22.6 Å². The molecule has 1 aromatic carbocycles. The molecule has 2 atom stereocenters. The minimum Gasteiger partial charge on any atom is -0.398 e. The second-order valence-corrected chi connectivity index (χ2v) is 13.3. The highest BCUT2D eigenvalue weighted by molar-refractivity contribution is 14.1. The molecule has 6 nitrogen and oxygen atoms in total. The minimum atomic E-state index is -2.22. The lowest BCUT2D eigenvalue weighted by Gasteiger charge is -2.44. The molecule has 0 bridgehead atoms. The molecule has 25 heavy (non-hydrogen) atoms. The second-order valence-electron chi connectivity index (χ2n) is 7.72. The van der Waals surface area contributed by atoms with Gasteiger partial charge in [0.05, 0.1) is 5.69 Å². The van der Waals surface area contributed by atoms with E-state index in [0.717, 1.165) is 3.57 Å². The number of carbonyl (C=O) groups is 2. The summed E-state index contributed by atoms with van der Waals surface area (Å²) < 4.78 is 18.7. The molecule has 2 aliphatic heterocycles. The summed E-state index contributed by atoms with van der Waals surface area (Å²) in [6, 6.07) is 5.59. The number of carbonyl (C=O) groups excluding carboxylic acids is 2. The van der Waals surface area contributed by atoms with Gasteiger partial charge in [-0.05, 0) is 62.1 Å². The van der Waals surface area contributed by atoms with Crippen molar-refractivity contribution in [3.8, 4) is 0 Å². The van der Waals surface area contributed by atoms with Gasteiger partial charge in [-0.3, -0.25) is 9.59 Å². The average Bonchev–Trinajstić information content (AvgIpc) is 2.75. The van der Waals surface area contributed by atoms with Crippen molar-refractivity contribution in [3.05, 3.63) is 27.3 Å². The van der Waals surface area contributed by atoms with E-state index in [1.54, 1.807) is 13.8 Å². The summed E-state index contributed by atoms with van der Waals surface area (Å²) in [6.07, 6.45) is -1.05. The first-order valence-corrected chi connectivity index (χ1v) is 12.6. The third kappa shape index (κ3) is 3.30. The summed E-state index contributed by atoms with van der Waals surface area (Å²) in [7, 11) is -2.22. The largest absolute Gasteiger partial charge is 0.398 e. The SMILES string of the molecule is CC1(C)OCC(=O)[C@H]([C@]2(O[Si](C)(C)C)C(=O)Nc3c(I)cccc32)O1. The van der Waals surface area contributed by atoms with E-state index in [0.29, 0.717) is 11.3 Å². The number of amides is 1. The van der Waals surface area contributed by atoms with Gasteiger partial charge in [0.2, 0.25) is 0 Å². The molecule has 0 spiro atoms. The number of anilines is 1. The van der Waals surface area contributed by atoms with Crippen LogP contribution in [0, 0.1) is 3.57 Å². The molecular weight excluding hydrogens is 453 g/mol. The van der Waals surface area contributed by atoms with E-state index in [1.807, 2.05) is 37.8 Å². The molecule has 2 heterocycles. The van der Waals surface area contributed by atoms with Gasteiger partial charge >= 0.3 is 0 Å². The fourth-order valence-electron chi connectivity index (χ4n) is 3.20. The first-order chi connectivity index (χ1) is 11.5. The van der Waals surface area contributed by atoms with Gasteiger partial charge in [0, 0.05) is 9.13 Å². The highest BCUT2D eigenvalue weighted by atomic mass is 127.